The smallest absolute Gasteiger partial charge is 0.217 e. The summed E-state index contributed by atoms with van der Waals surface area (Å²) in [6.45, 7) is 0. The molecule has 2 rings (SSSR count). The van der Waals surface area contributed by atoms with Crippen LogP contribution in [0.25, 0.3) is 11.1 Å². The fraction of sp³-hybridized carbons (Fsp3) is 0.143. The van der Waals surface area contributed by atoms with Crippen LogP contribution in [-0.2, 0) is 6.42 Å². The van der Waals surface area contributed by atoms with Gasteiger partial charge < -0.3 is 4.74 Å². The lowest BCUT2D eigenvalue weighted by atomic mass is 10.0. The zero-order chi connectivity index (χ0) is 13.8. The van der Waals surface area contributed by atoms with Crippen molar-refractivity contribution in [2.75, 3.05) is 7.11 Å². The average molecular weight is 260 g/mol. The molecule has 0 spiro atoms. The molecule has 0 aliphatic heterocycles. The number of hydrogen-bond donors (Lipinski definition) is 0. The van der Waals surface area contributed by atoms with Crippen LogP contribution in [0.15, 0.2) is 30.5 Å². The van der Waals surface area contributed by atoms with E-state index in [1.165, 1.54) is 25.4 Å². The lowest BCUT2D eigenvalue weighted by Crippen LogP contribution is -1.97. The lowest BCUT2D eigenvalue weighted by Gasteiger charge is -2.08. The Morgan fingerprint density at radius 3 is 2.84 bits per heavy atom. The first-order chi connectivity index (χ1) is 9.17. The van der Waals surface area contributed by atoms with Gasteiger partial charge in [-0.2, -0.15) is 5.26 Å². The van der Waals surface area contributed by atoms with E-state index in [9.17, 15) is 8.78 Å². The first-order valence-corrected chi connectivity index (χ1v) is 5.51. The van der Waals surface area contributed by atoms with Crippen molar-refractivity contribution >= 4 is 0 Å². The third-order valence-corrected chi connectivity index (χ3v) is 2.65. The van der Waals surface area contributed by atoms with Crippen LogP contribution in [0.5, 0.6) is 5.88 Å². The van der Waals surface area contributed by atoms with E-state index in [1.807, 2.05) is 6.07 Å². The Balaban J connectivity index is 2.54. The number of halogens is 2. The molecule has 1 aromatic carbocycles. The topological polar surface area (TPSA) is 45.9 Å². The van der Waals surface area contributed by atoms with Crippen LogP contribution < -0.4 is 4.74 Å². The van der Waals surface area contributed by atoms with Gasteiger partial charge in [-0.3, -0.25) is 0 Å². The Morgan fingerprint density at radius 1 is 1.37 bits per heavy atom. The van der Waals surface area contributed by atoms with E-state index < -0.39 is 11.6 Å². The minimum absolute atomic E-state index is 0.0843. The molecular formula is C14H10F2N2O. The number of benzene rings is 1. The molecular weight excluding hydrogens is 250 g/mol. The summed E-state index contributed by atoms with van der Waals surface area (Å²) in [5, 5.41) is 8.73. The van der Waals surface area contributed by atoms with Gasteiger partial charge in [-0.25, -0.2) is 13.8 Å². The second-order valence-electron chi connectivity index (χ2n) is 3.83. The maximum Gasteiger partial charge on any atom is 0.217 e. The monoisotopic (exact) mass is 260 g/mol. The van der Waals surface area contributed by atoms with E-state index in [1.54, 1.807) is 6.07 Å². The summed E-state index contributed by atoms with van der Waals surface area (Å²) in [4.78, 5) is 4.00. The van der Waals surface area contributed by atoms with E-state index in [4.69, 9.17) is 10.00 Å². The van der Waals surface area contributed by atoms with E-state index in [0.717, 1.165) is 6.07 Å². The van der Waals surface area contributed by atoms with Crippen molar-refractivity contribution in [1.82, 2.24) is 4.98 Å². The van der Waals surface area contributed by atoms with Crippen LogP contribution in [0.2, 0.25) is 0 Å². The van der Waals surface area contributed by atoms with Crippen molar-refractivity contribution in [2.45, 2.75) is 6.42 Å². The van der Waals surface area contributed by atoms with Crippen LogP contribution in [0, 0.1) is 23.0 Å². The number of nitriles is 1. The molecule has 5 heteroatoms. The molecule has 0 atom stereocenters. The van der Waals surface area contributed by atoms with Gasteiger partial charge in [0.2, 0.25) is 5.88 Å². The number of methoxy groups -OCH3 is 1. The number of nitrogens with zero attached hydrogens (tertiary/aromatic N) is 2. The van der Waals surface area contributed by atoms with Gasteiger partial charge in [0.05, 0.1) is 19.6 Å². The van der Waals surface area contributed by atoms with Crippen molar-refractivity contribution < 1.29 is 13.5 Å². The Bertz CT molecular complexity index is 650. The highest BCUT2D eigenvalue weighted by Gasteiger charge is 2.12. The molecule has 0 N–H and O–H groups in total. The summed E-state index contributed by atoms with van der Waals surface area (Å²) in [5.74, 6) is -1.55. The fourth-order valence-electron chi connectivity index (χ4n) is 1.77. The Hall–Kier alpha value is -2.48. The van der Waals surface area contributed by atoms with Crippen LogP contribution in [0.3, 0.4) is 0 Å². The average Bonchev–Trinajstić information content (AvgIpc) is 2.42. The molecule has 3 nitrogen and oxygen atoms in total. The van der Waals surface area contributed by atoms with Gasteiger partial charge in [-0.15, -0.1) is 0 Å². The molecule has 96 valence electrons. The molecule has 1 heterocycles. The second-order valence-corrected chi connectivity index (χ2v) is 3.83. The molecule has 0 unspecified atom stereocenters. The molecule has 0 aliphatic carbocycles. The second kappa shape index (κ2) is 5.44. The van der Waals surface area contributed by atoms with Gasteiger partial charge in [0, 0.05) is 22.9 Å². The Morgan fingerprint density at radius 2 is 2.16 bits per heavy atom. The van der Waals surface area contributed by atoms with Gasteiger partial charge in [0.15, 0.2) is 11.6 Å². The standard InChI is InChI=1S/C14H10F2N2O/c1-19-14-9(5-6-17)7-10(8-18-14)11-3-2-4-12(15)13(11)16/h2-4,7-8H,5H2,1H3. The molecule has 0 radical (unpaired) electrons. The normalized spacial score (nSPS) is 10.0. The quantitative estimate of drug-likeness (QED) is 0.851. The van der Waals surface area contributed by atoms with Crippen LogP contribution >= 0.6 is 0 Å². The number of hydrogen-bond acceptors (Lipinski definition) is 3. The Labute approximate surface area is 109 Å². The number of aromatic nitrogens is 1. The van der Waals surface area contributed by atoms with Crippen molar-refractivity contribution in [3.05, 3.63) is 47.7 Å². The summed E-state index contributed by atoms with van der Waals surface area (Å²) in [5.41, 5.74) is 1.04. The predicted octanol–water partition coefficient (Wildman–Crippen LogP) is 3.10. The maximum atomic E-state index is 13.7. The van der Waals surface area contributed by atoms with E-state index >= 15 is 0 Å². The molecule has 0 fully saturated rings. The largest absolute Gasteiger partial charge is 0.481 e. The predicted molar refractivity (Wildman–Crippen MR) is 65.5 cm³/mol. The molecule has 0 bridgehead atoms. The minimum atomic E-state index is -0.933. The van der Waals surface area contributed by atoms with Crippen LogP contribution in [0.4, 0.5) is 8.78 Å². The van der Waals surface area contributed by atoms with E-state index in [0.29, 0.717) is 17.0 Å². The van der Waals surface area contributed by atoms with Crippen molar-refractivity contribution in [3.63, 3.8) is 0 Å². The molecule has 0 amide bonds. The molecule has 0 saturated heterocycles. The summed E-state index contributed by atoms with van der Waals surface area (Å²) >= 11 is 0. The van der Waals surface area contributed by atoms with Gasteiger partial charge in [0.1, 0.15) is 0 Å². The van der Waals surface area contributed by atoms with Crippen molar-refractivity contribution in [2.24, 2.45) is 0 Å². The highest BCUT2D eigenvalue weighted by atomic mass is 19.2. The maximum absolute atomic E-state index is 13.7. The lowest BCUT2D eigenvalue weighted by molar-refractivity contribution is 0.394. The fourth-order valence-corrected chi connectivity index (χ4v) is 1.77. The van der Waals surface area contributed by atoms with E-state index in [2.05, 4.69) is 4.98 Å². The van der Waals surface area contributed by atoms with Crippen molar-refractivity contribution in [1.29, 1.82) is 5.26 Å². The molecule has 2 aromatic rings. The summed E-state index contributed by atoms with van der Waals surface area (Å²) in [6, 6.07) is 7.47. The van der Waals surface area contributed by atoms with Crippen LogP contribution in [0.1, 0.15) is 5.56 Å². The van der Waals surface area contributed by atoms with E-state index in [-0.39, 0.29) is 12.0 Å². The molecule has 0 aliphatic rings. The third kappa shape index (κ3) is 2.52. The number of pyridine rings is 1. The zero-order valence-corrected chi connectivity index (χ0v) is 10.2. The third-order valence-electron chi connectivity index (χ3n) is 2.65. The Kier molecular flexibility index (Phi) is 3.71. The van der Waals surface area contributed by atoms with Gasteiger partial charge in [-0.05, 0) is 12.1 Å². The zero-order valence-electron chi connectivity index (χ0n) is 10.2. The summed E-state index contributed by atoms with van der Waals surface area (Å²) in [6.07, 6.45) is 1.47. The SMILES string of the molecule is COc1ncc(-c2cccc(F)c2F)cc1CC#N. The molecule has 1 aromatic heterocycles. The number of ether oxygens (including phenoxy) is 1. The first kappa shape index (κ1) is 13.0. The highest BCUT2D eigenvalue weighted by molar-refractivity contribution is 5.65. The van der Waals surface area contributed by atoms with Gasteiger partial charge in [-0.1, -0.05) is 12.1 Å². The summed E-state index contributed by atoms with van der Waals surface area (Å²) in [7, 11) is 1.44. The van der Waals surface area contributed by atoms with Gasteiger partial charge >= 0.3 is 0 Å². The highest BCUT2D eigenvalue weighted by Crippen LogP contribution is 2.27. The minimum Gasteiger partial charge on any atom is -0.481 e. The van der Waals surface area contributed by atoms with Crippen LogP contribution in [-0.4, -0.2) is 12.1 Å². The molecule has 0 saturated carbocycles. The van der Waals surface area contributed by atoms with Crippen molar-refractivity contribution in [3.8, 4) is 23.1 Å². The first-order valence-electron chi connectivity index (χ1n) is 5.51. The number of rotatable bonds is 3. The van der Waals surface area contributed by atoms with Gasteiger partial charge in [0.25, 0.3) is 0 Å². The summed E-state index contributed by atoms with van der Waals surface area (Å²) < 4.78 is 31.9. The molecule has 19 heavy (non-hydrogen) atoms.